The predicted octanol–water partition coefficient (Wildman–Crippen LogP) is 3.37. The first-order valence-electron chi connectivity index (χ1n) is 6.75. The molecule has 0 bridgehead atoms. The van der Waals surface area contributed by atoms with Crippen molar-refractivity contribution in [3.8, 4) is 0 Å². The smallest absolute Gasteiger partial charge is 0.282 e. The van der Waals surface area contributed by atoms with E-state index in [9.17, 15) is 14.9 Å². The van der Waals surface area contributed by atoms with Crippen LogP contribution >= 0.6 is 15.9 Å². The van der Waals surface area contributed by atoms with Crippen LogP contribution in [-0.4, -0.2) is 33.6 Å². The minimum atomic E-state index is -0.489. The predicted molar refractivity (Wildman–Crippen MR) is 80.2 cm³/mol. The van der Waals surface area contributed by atoms with E-state index in [2.05, 4.69) is 15.9 Å². The molecule has 0 spiro atoms. The van der Waals surface area contributed by atoms with Crippen molar-refractivity contribution >= 4 is 27.5 Å². The fourth-order valence-electron chi connectivity index (χ4n) is 2.66. The van der Waals surface area contributed by atoms with Crippen LogP contribution in [0.15, 0.2) is 24.3 Å². The van der Waals surface area contributed by atoms with Crippen LogP contribution in [0.4, 0.5) is 5.69 Å². The molecule has 1 heterocycles. The van der Waals surface area contributed by atoms with E-state index in [1.807, 2.05) is 0 Å². The molecule has 108 valence electrons. The molecule has 1 unspecified atom stereocenters. The molecule has 0 aromatic heterocycles. The van der Waals surface area contributed by atoms with Gasteiger partial charge in [0, 0.05) is 24.0 Å². The van der Waals surface area contributed by atoms with Crippen LogP contribution in [-0.2, 0) is 0 Å². The normalized spacial score (nSPS) is 18.9. The van der Waals surface area contributed by atoms with Crippen LogP contribution in [0.5, 0.6) is 0 Å². The average molecular weight is 341 g/mol. The minimum absolute atomic E-state index is 0.110. The lowest BCUT2D eigenvalue weighted by atomic mass is 9.98. The summed E-state index contributed by atoms with van der Waals surface area (Å²) in [5.74, 6) is -0.219. The van der Waals surface area contributed by atoms with Gasteiger partial charge in [-0.25, -0.2) is 0 Å². The standard InChI is InChI=1S/C14H17BrN2O3/c15-9-8-11-5-3-4-10-16(11)14(18)12-6-1-2-7-13(12)17(19)20/h1-2,6-7,11H,3-5,8-10H2. The monoisotopic (exact) mass is 340 g/mol. The Bertz CT molecular complexity index is 505. The topological polar surface area (TPSA) is 63.4 Å². The summed E-state index contributed by atoms with van der Waals surface area (Å²) in [6, 6.07) is 6.36. The Hall–Kier alpha value is -1.43. The molecule has 1 aromatic carbocycles. The first-order valence-corrected chi connectivity index (χ1v) is 7.87. The van der Waals surface area contributed by atoms with Crippen molar-refractivity contribution in [2.45, 2.75) is 31.7 Å². The molecule has 0 saturated carbocycles. The summed E-state index contributed by atoms with van der Waals surface area (Å²) in [7, 11) is 0. The number of hydrogen-bond donors (Lipinski definition) is 0. The number of halogens is 1. The molecule has 5 nitrogen and oxygen atoms in total. The third-order valence-corrected chi connectivity index (χ3v) is 4.12. The maximum Gasteiger partial charge on any atom is 0.282 e. The number of nitro groups is 1. The number of hydrogen-bond acceptors (Lipinski definition) is 3. The van der Waals surface area contributed by atoms with Gasteiger partial charge >= 0.3 is 0 Å². The van der Waals surface area contributed by atoms with Crippen molar-refractivity contribution in [2.75, 3.05) is 11.9 Å². The largest absolute Gasteiger partial charge is 0.335 e. The Morgan fingerprint density at radius 2 is 2.15 bits per heavy atom. The summed E-state index contributed by atoms with van der Waals surface area (Å²) in [6.07, 6.45) is 3.92. The molecule has 1 amide bonds. The SMILES string of the molecule is O=C(c1ccccc1[N+](=O)[O-])N1CCCCC1CCBr. The number of nitrogens with zero attached hydrogens (tertiary/aromatic N) is 2. The molecular weight excluding hydrogens is 324 g/mol. The number of likely N-dealkylation sites (tertiary alicyclic amines) is 1. The van der Waals surface area contributed by atoms with Crippen molar-refractivity contribution in [1.82, 2.24) is 4.90 Å². The van der Waals surface area contributed by atoms with Gasteiger partial charge in [-0.05, 0) is 31.7 Å². The summed E-state index contributed by atoms with van der Waals surface area (Å²) in [5, 5.41) is 11.9. The number of carbonyl (C=O) groups excluding carboxylic acids is 1. The van der Waals surface area contributed by atoms with Crippen molar-refractivity contribution in [2.24, 2.45) is 0 Å². The number of para-hydroxylation sites is 1. The second-order valence-corrected chi connectivity index (χ2v) is 5.69. The van der Waals surface area contributed by atoms with Crippen molar-refractivity contribution in [1.29, 1.82) is 0 Å². The molecule has 0 aliphatic carbocycles. The van der Waals surface area contributed by atoms with Gasteiger partial charge in [0.1, 0.15) is 5.56 Å². The molecule has 1 saturated heterocycles. The average Bonchev–Trinajstić information content (AvgIpc) is 2.47. The lowest BCUT2D eigenvalue weighted by molar-refractivity contribution is -0.385. The van der Waals surface area contributed by atoms with E-state index in [0.717, 1.165) is 31.0 Å². The number of carbonyl (C=O) groups is 1. The summed E-state index contributed by atoms with van der Waals surface area (Å²) < 4.78 is 0. The van der Waals surface area contributed by atoms with Gasteiger partial charge in [-0.15, -0.1) is 0 Å². The second kappa shape index (κ2) is 6.83. The van der Waals surface area contributed by atoms with Gasteiger partial charge in [0.2, 0.25) is 0 Å². The highest BCUT2D eigenvalue weighted by Gasteiger charge is 2.30. The molecule has 1 atom stereocenters. The van der Waals surface area contributed by atoms with E-state index < -0.39 is 4.92 Å². The lowest BCUT2D eigenvalue weighted by Gasteiger charge is -2.35. The number of alkyl halides is 1. The van der Waals surface area contributed by atoms with E-state index in [0.29, 0.717) is 6.54 Å². The van der Waals surface area contributed by atoms with E-state index >= 15 is 0 Å². The fraction of sp³-hybridized carbons (Fsp3) is 0.500. The molecule has 0 N–H and O–H groups in total. The van der Waals surface area contributed by atoms with Crippen LogP contribution < -0.4 is 0 Å². The number of rotatable bonds is 4. The highest BCUT2D eigenvalue weighted by Crippen LogP contribution is 2.26. The van der Waals surface area contributed by atoms with Crippen molar-refractivity contribution < 1.29 is 9.72 Å². The van der Waals surface area contributed by atoms with E-state index in [4.69, 9.17) is 0 Å². The Morgan fingerprint density at radius 3 is 2.85 bits per heavy atom. The zero-order valence-corrected chi connectivity index (χ0v) is 12.7. The Labute approximate surface area is 126 Å². The van der Waals surface area contributed by atoms with Gasteiger partial charge in [0.05, 0.1) is 4.92 Å². The minimum Gasteiger partial charge on any atom is -0.335 e. The third-order valence-electron chi connectivity index (χ3n) is 3.66. The van der Waals surface area contributed by atoms with Crippen molar-refractivity contribution in [3.63, 3.8) is 0 Å². The summed E-state index contributed by atoms with van der Waals surface area (Å²) in [6.45, 7) is 0.683. The van der Waals surface area contributed by atoms with E-state index in [1.54, 1.807) is 23.1 Å². The second-order valence-electron chi connectivity index (χ2n) is 4.90. The Kier molecular flexibility index (Phi) is 5.11. The Balaban J connectivity index is 2.27. The van der Waals surface area contributed by atoms with Gasteiger partial charge in [-0.2, -0.15) is 0 Å². The molecule has 0 radical (unpaired) electrons. The Morgan fingerprint density at radius 1 is 1.40 bits per heavy atom. The van der Waals surface area contributed by atoms with Crippen LogP contribution in [0.2, 0.25) is 0 Å². The van der Waals surface area contributed by atoms with Crippen LogP contribution in [0.1, 0.15) is 36.0 Å². The molecule has 1 aromatic rings. The molecule has 1 aliphatic rings. The third kappa shape index (κ3) is 3.17. The zero-order chi connectivity index (χ0) is 14.5. The van der Waals surface area contributed by atoms with Gasteiger partial charge in [0.15, 0.2) is 0 Å². The van der Waals surface area contributed by atoms with Crippen LogP contribution in [0, 0.1) is 10.1 Å². The number of benzene rings is 1. The van der Waals surface area contributed by atoms with Gasteiger partial charge in [-0.1, -0.05) is 28.1 Å². The highest BCUT2D eigenvalue weighted by molar-refractivity contribution is 9.09. The number of piperidine rings is 1. The molecule has 6 heteroatoms. The van der Waals surface area contributed by atoms with Crippen LogP contribution in [0.25, 0.3) is 0 Å². The molecule has 1 fully saturated rings. The van der Waals surface area contributed by atoms with Gasteiger partial charge in [-0.3, -0.25) is 14.9 Å². The maximum atomic E-state index is 12.6. The zero-order valence-electron chi connectivity index (χ0n) is 11.1. The fourth-order valence-corrected chi connectivity index (χ4v) is 3.19. The summed E-state index contributed by atoms with van der Waals surface area (Å²) in [4.78, 5) is 25.0. The van der Waals surface area contributed by atoms with Crippen molar-refractivity contribution in [3.05, 3.63) is 39.9 Å². The highest BCUT2D eigenvalue weighted by atomic mass is 79.9. The summed E-state index contributed by atoms with van der Waals surface area (Å²) >= 11 is 3.41. The molecular formula is C14H17BrN2O3. The van der Waals surface area contributed by atoms with Gasteiger partial charge < -0.3 is 4.90 Å². The molecule has 1 aliphatic heterocycles. The summed E-state index contributed by atoms with van der Waals surface area (Å²) in [5.41, 5.74) is 0.0830. The van der Waals surface area contributed by atoms with E-state index in [-0.39, 0.29) is 23.2 Å². The van der Waals surface area contributed by atoms with Gasteiger partial charge in [0.25, 0.3) is 11.6 Å². The van der Waals surface area contributed by atoms with E-state index in [1.165, 1.54) is 6.07 Å². The number of nitro benzene ring substituents is 1. The molecule has 20 heavy (non-hydrogen) atoms. The first kappa shape index (κ1) is 15.0. The molecule has 2 rings (SSSR count). The quantitative estimate of drug-likeness (QED) is 0.479. The van der Waals surface area contributed by atoms with Crippen LogP contribution in [0.3, 0.4) is 0 Å². The maximum absolute atomic E-state index is 12.6. The first-order chi connectivity index (χ1) is 9.65. The number of amides is 1. The lowest BCUT2D eigenvalue weighted by Crippen LogP contribution is -2.44.